The third-order valence-electron chi connectivity index (χ3n) is 4.88. The Bertz CT molecular complexity index is 568. The molecule has 0 aliphatic carbocycles. The molecule has 3 radical (unpaired) electrons. The molecule has 0 spiro atoms. The second-order valence-corrected chi connectivity index (χ2v) is 10.4. The third-order valence-corrected chi connectivity index (χ3v) is 5.67. The molecule has 8 heteroatoms. The predicted molar refractivity (Wildman–Crippen MR) is 163 cm³/mol. The maximum atomic E-state index is 10.7. The van der Waals surface area contributed by atoms with E-state index in [1.807, 2.05) is 30.3 Å². The Kier molecular flexibility index (Phi) is 34.9. The van der Waals surface area contributed by atoms with Gasteiger partial charge in [-0.1, -0.05) is 109 Å². The monoisotopic (exact) mass is 666 g/mol. The van der Waals surface area contributed by atoms with Crippen molar-refractivity contribution in [1.82, 2.24) is 0 Å². The minimum absolute atomic E-state index is 0. The molecule has 0 atom stereocenters. The van der Waals surface area contributed by atoms with Gasteiger partial charge in [0.1, 0.15) is 0 Å². The summed E-state index contributed by atoms with van der Waals surface area (Å²) in [5.74, 6) is 1.56. The van der Waals surface area contributed by atoms with Crippen LogP contribution in [0.5, 0.6) is 0 Å². The van der Waals surface area contributed by atoms with Crippen LogP contribution in [0.1, 0.15) is 91.9 Å². The van der Waals surface area contributed by atoms with Crippen LogP contribution in [0.3, 0.4) is 0 Å². The first-order valence-corrected chi connectivity index (χ1v) is 14.6. The molecule has 0 aromatic heterocycles. The van der Waals surface area contributed by atoms with Gasteiger partial charge < -0.3 is 22.1 Å². The minimum atomic E-state index is -0.212. The van der Waals surface area contributed by atoms with Crippen LogP contribution in [-0.4, -0.2) is 61.1 Å². The van der Waals surface area contributed by atoms with E-state index in [-0.39, 0.29) is 47.9 Å². The van der Waals surface area contributed by atoms with Crippen LogP contribution < -0.4 is 0 Å². The van der Waals surface area contributed by atoms with Gasteiger partial charge in [-0.2, -0.15) is 30.2 Å². The van der Waals surface area contributed by atoms with E-state index in [9.17, 15) is 9.59 Å². The molecule has 1 aromatic carbocycles. The van der Waals surface area contributed by atoms with E-state index in [0.29, 0.717) is 13.2 Å². The largest absolute Gasteiger partial charge is 0.780 e. The predicted octanol–water partition coefficient (Wildman–Crippen LogP) is 7.34. The van der Waals surface area contributed by atoms with Crippen molar-refractivity contribution in [3.63, 3.8) is 0 Å². The fourth-order valence-corrected chi connectivity index (χ4v) is 3.24. The summed E-state index contributed by atoms with van der Waals surface area (Å²) in [6, 6.07) is 9.62. The second kappa shape index (κ2) is 31.1. The molecule has 0 saturated carbocycles. The van der Waals surface area contributed by atoms with Gasteiger partial charge in [0.2, 0.25) is 0 Å². The molecule has 0 heterocycles. The van der Waals surface area contributed by atoms with Crippen LogP contribution in [0.15, 0.2) is 35.2 Å². The van der Waals surface area contributed by atoms with Crippen molar-refractivity contribution in [3.05, 3.63) is 30.3 Å². The molecule has 0 amide bonds. The number of rotatable bonds is 16. The summed E-state index contributed by atoms with van der Waals surface area (Å²) >= 11 is 12.5. The average Bonchev–Trinajstić information content (AvgIpc) is 2.83. The van der Waals surface area contributed by atoms with Crippen molar-refractivity contribution < 1.29 is 19.1 Å². The molecule has 0 saturated heterocycles. The minimum Gasteiger partial charge on any atom is -0.780 e. The molecule has 0 aliphatic heterocycles. The van der Waals surface area contributed by atoms with Gasteiger partial charge in [0.15, 0.2) is 0 Å². The van der Waals surface area contributed by atoms with Crippen molar-refractivity contribution in [1.29, 1.82) is 0 Å². The molecule has 0 unspecified atom stereocenters. The zero-order valence-corrected chi connectivity index (χ0v) is 28.0. The van der Waals surface area contributed by atoms with Crippen molar-refractivity contribution in [3.8, 4) is 0 Å². The fraction of sp³-hybridized carbons (Fsp3) is 0.714. The van der Waals surface area contributed by atoms with Gasteiger partial charge in [-0.15, -0.1) is 0 Å². The molecular formula is C28H49O4S3Sb-. The number of unbranched alkanes of at least 4 members (excludes halogenated alkanes) is 6. The summed E-state index contributed by atoms with van der Waals surface area (Å²) in [5.41, 5.74) is 0. The summed E-state index contributed by atoms with van der Waals surface area (Å²) in [4.78, 5) is 22.3. The van der Waals surface area contributed by atoms with Crippen molar-refractivity contribution in [2.75, 3.05) is 24.7 Å². The molecule has 0 bridgehead atoms. The van der Waals surface area contributed by atoms with E-state index in [1.165, 1.54) is 38.5 Å². The molecule has 0 fully saturated rings. The first kappa shape index (κ1) is 40.4. The van der Waals surface area contributed by atoms with E-state index >= 15 is 0 Å². The Balaban J connectivity index is -0.000000470. The van der Waals surface area contributed by atoms with Crippen LogP contribution in [0.4, 0.5) is 0 Å². The molecule has 209 valence electrons. The molecule has 1 rings (SSSR count). The van der Waals surface area contributed by atoms with Crippen molar-refractivity contribution >= 4 is 74.3 Å². The van der Waals surface area contributed by atoms with Crippen LogP contribution in [0.2, 0.25) is 0 Å². The zero-order valence-electron chi connectivity index (χ0n) is 22.8. The smallest absolute Gasteiger partial charge is 0.315 e. The molecule has 4 nitrogen and oxygen atoms in total. The van der Waals surface area contributed by atoms with E-state index in [4.69, 9.17) is 22.1 Å². The second-order valence-electron chi connectivity index (χ2n) is 9.26. The van der Waals surface area contributed by atoms with Crippen LogP contribution in [-0.2, 0) is 31.7 Å². The number of ether oxygens (including phenoxy) is 2. The maximum absolute atomic E-state index is 10.7. The zero-order chi connectivity index (χ0) is 26.7. The average molecular weight is 668 g/mol. The van der Waals surface area contributed by atoms with Gasteiger partial charge in [-0.25, -0.2) is 0 Å². The molecule has 0 N–H and O–H groups in total. The SMILES string of the molecule is CC(C)CCCCCCOC(=O)CS.CC(C)CCCCCCOC(=O)CS.[S-]c1ccccc1.[Sb]. The number of thiol groups is 2. The maximum Gasteiger partial charge on any atom is 0.315 e. The number of hydrogen-bond acceptors (Lipinski definition) is 7. The number of carbonyl (C=O) groups excluding carboxylic acids is 2. The van der Waals surface area contributed by atoms with Crippen molar-refractivity contribution in [2.45, 2.75) is 96.8 Å². The van der Waals surface area contributed by atoms with Gasteiger partial charge in [0.25, 0.3) is 0 Å². The Morgan fingerprint density at radius 3 is 1.33 bits per heavy atom. The number of benzene rings is 1. The normalized spacial score (nSPS) is 9.89. The Morgan fingerprint density at radius 2 is 1.06 bits per heavy atom. The number of carbonyl (C=O) groups is 2. The van der Waals surface area contributed by atoms with E-state index in [2.05, 4.69) is 53.0 Å². The number of hydrogen-bond donors (Lipinski definition) is 2. The molecular weight excluding hydrogens is 618 g/mol. The topological polar surface area (TPSA) is 52.6 Å². The summed E-state index contributed by atoms with van der Waals surface area (Å²) in [6.07, 6.45) is 12.0. The van der Waals surface area contributed by atoms with E-state index < -0.39 is 0 Å². The quantitative estimate of drug-likeness (QED) is 0.0636. The van der Waals surface area contributed by atoms with E-state index in [1.54, 1.807) is 0 Å². The van der Waals surface area contributed by atoms with Gasteiger partial charge in [0.05, 0.1) is 24.7 Å². The molecule has 36 heavy (non-hydrogen) atoms. The summed E-state index contributed by atoms with van der Waals surface area (Å²) in [6.45, 7) is 10.1. The van der Waals surface area contributed by atoms with Crippen LogP contribution >= 0.6 is 25.3 Å². The van der Waals surface area contributed by atoms with E-state index in [0.717, 1.165) is 42.4 Å². The Labute approximate surface area is 255 Å². The van der Waals surface area contributed by atoms with Gasteiger partial charge >= 0.3 is 11.9 Å². The van der Waals surface area contributed by atoms with Gasteiger partial charge in [-0.3, -0.25) is 9.59 Å². The molecule has 0 aliphatic rings. The fourth-order valence-electron chi connectivity index (χ4n) is 2.90. The summed E-state index contributed by atoms with van der Waals surface area (Å²) < 4.78 is 9.81. The number of esters is 2. The standard InChI is InChI=1S/2C11H22O2S.C6H6S.Sb/c2*1-10(2)7-5-3-4-6-8-13-11(12)9-14;7-6-4-2-1-3-5-6;/h2*10,14H,3-9H2,1-2H3;1-5,7H;/p-1. The summed E-state index contributed by atoms with van der Waals surface area (Å²) in [7, 11) is 0. The van der Waals surface area contributed by atoms with Gasteiger partial charge in [0, 0.05) is 24.4 Å². The van der Waals surface area contributed by atoms with Crippen molar-refractivity contribution in [2.24, 2.45) is 11.8 Å². The Hall–Kier alpha value is -0.102. The first-order chi connectivity index (χ1) is 16.7. The first-order valence-electron chi connectivity index (χ1n) is 13.0. The Morgan fingerprint density at radius 1 is 0.694 bits per heavy atom. The van der Waals surface area contributed by atoms with Crippen LogP contribution in [0, 0.1) is 11.8 Å². The van der Waals surface area contributed by atoms with Crippen LogP contribution in [0.25, 0.3) is 0 Å². The summed E-state index contributed by atoms with van der Waals surface area (Å²) in [5, 5.41) is 0. The third kappa shape index (κ3) is 36.1. The molecule has 1 aromatic rings. The van der Waals surface area contributed by atoms with Gasteiger partial charge in [-0.05, 0) is 24.7 Å².